The van der Waals surface area contributed by atoms with Gasteiger partial charge in [0.05, 0.1) is 19.1 Å². The molecule has 3 rings (SSSR count). The van der Waals surface area contributed by atoms with Gasteiger partial charge in [0, 0.05) is 11.8 Å². The van der Waals surface area contributed by atoms with Gasteiger partial charge in [0.2, 0.25) is 15.9 Å². The second kappa shape index (κ2) is 9.32. The molecule has 0 saturated carbocycles. The first-order chi connectivity index (χ1) is 14.3. The van der Waals surface area contributed by atoms with Crippen molar-refractivity contribution in [1.82, 2.24) is 0 Å². The molecule has 0 radical (unpaired) electrons. The fourth-order valence-electron chi connectivity index (χ4n) is 2.74. The highest BCUT2D eigenvalue weighted by Gasteiger charge is 2.21. The van der Waals surface area contributed by atoms with Gasteiger partial charge in [0.1, 0.15) is 23.8 Å². The van der Waals surface area contributed by atoms with E-state index in [1.54, 1.807) is 48.5 Å². The highest BCUT2D eigenvalue weighted by atomic mass is 32.2. The molecule has 0 spiro atoms. The maximum atomic E-state index is 12.5. The Morgan fingerprint density at radius 2 is 1.53 bits per heavy atom. The van der Waals surface area contributed by atoms with Gasteiger partial charge in [0.15, 0.2) is 0 Å². The third kappa shape index (κ3) is 5.74. The molecular weight excluding hydrogens is 404 g/mol. The molecule has 0 atom stereocenters. The molecule has 156 valence electrons. The Labute approximate surface area is 175 Å². The zero-order valence-electron chi connectivity index (χ0n) is 16.6. The maximum absolute atomic E-state index is 12.5. The lowest BCUT2D eigenvalue weighted by Crippen LogP contribution is -2.37. The van der Waals surface area contributed by atoms with Crippen LogP contribution in [0, 0.1) is 0 Å². The normalized spacial score (nSPS) is 10.9. The quantitative estimate of drug-likeness (QED) is 0.591. The number of carbonyl (C=O) groups excluding carboxylic acids is 1. The SMILES string of the molecule is COc1cccc(NC(=O)CN(c2ccc(Oc3ccccc3)cc2)S(C)(=O)=O)c1. The first-order valence-electron chi connectivity index (χ1n) is 9.10. The fourth-order valence-corrected chi connectivity index (χ4v) is 3.59. The second-order valence-corrected chi connectivity index (χ2v) is 8.37. The number of methoxy groups -OCH3 is 1. The summed E-state index contributed by atoms with van der Waals surface area (Å²) in [5.74, 6) is 1.34. The number of anilines is 2. The minimum Gasteiger partial charge on any atom is -0.497 e. The first kappa shape index (κ1) is 21.2. The Morgan fingerprint density at radius 1 is 0.900 bits per heavy atom. The maximum Gasteiger partial charge on any atom is 0.245 e. The van der Waals surface area contributed by atoms with Gasteiger partial charge in [-0.15, -0.1) is 0 Å². The Hall–Kier alpha value is -3.52. The average Bonchev–Trinajstić information content (AvgIpc) is 2.73. The van der Waals surface area contributed by atoms with E-state index in [2.05, 4.69) is 5.32 Å². The molecule has 0 bridgehead atoms. The third-order valence-corrected chi connectivity index (χ3v) is 5.29. The number of rotatable bonds is 8. The summed E-state index contributed by atoms with van der Waals surface area (Å²) in [5.41, 5.74) is 0.873. The summed E-state index contributed by atoms with van der Waals surface area (Å²) < 4.78 is 36.5. The molecule has 30 heavy (non-hydrogen) atoms. The minimum atomic E-state index is -3.68. The molecule has 1 amide bonds. The number of amides is 1. The van der Waals surface area contributed by atoms with Gasteiger partial charge in [0.25, 0.3) is 0 Å². The Bertz CT molecular complexity index is 1100. The standard InChI is InChI=1S/C22H22N2O5S/c1-28-21-10-6-7-17(15-21)23-22(25)16-24(30(2,26)27)18-11-13-20(14-12-18)29-19-8-4-3-5-9-19/h3-15H,16H2,1-2H3,(H,23,25). The van der Waals surface area contributed by atoms with Crippen molar-refractivity contribution in [3.05, 3.63) is 78.9 Å². The van der Waals surface area contributed by atoms with Gasteiger partial charge < -0.3 is 14.8 Å². The monoisotopic (exact) mass is 426 g/mol. The van der Waals surface area contributed by atoms with Crippen LogP contribution in [0.2, 0.25) is 0 Å². The van der Waals surface area contributed by atoms with Crippen molar-refractivity contribution in [2.45, 2.75) is 0 Å². The molecule has 7 nitrogen and oxygen atoms in total. The molecule has 0 aliphatic heterocycles. The Kier molecular flexibility index (Phi) is 6.58. The minimum absolute atomic E-state index is 0.360. The number of sulfonamides is 1. The molecular formula is C22H22N2O5S. The van der Waals surface area contributed by atoms with Crippen LogP contribution in [0.4, 0.5) is 11.4 Å². The van der Waals surface area contributed by atoms with E-state index in [4.69, 9.17) is 9.47 Å². The van der Waals surface area contributed by atoms with Crippen LogP contribution in [0.3, 0.4) is 0 Å². The largest absolute Gasteiger partial charge is 0.497 e. The summed E-state index contributed by atoms with van der Waals surface area (Å²) in [6.45, 7) is -0.366. The first-order valence-corrected chi connectivity index (χ1v) is 10.9. The summed E-state index contributed by atoms with van der Waals surface area (Å²) in [7, 11) is -2.16. The van der Waals surface area contributed by atoms with Crippen molar-refractivity contribution in [2.75, 3.05) is 29.5 Å². The lowest BCUT2D eigenvalue weighted by Gasteiger charge is -2.22. The molecule has 3 aromatic rings. The van der Waals surface area contributed by atoms with Crippen LogP contribution in [0.1, 0.15) is 0 Å². The van der Waals surface area contributed by atoms with Crippen LogP contribution >= 0.6 is 0 Å². The van der Waals surface area contributed by atoms with Crippen LogP contribution < -0.4 is 19.1 Å². The average molecular weight is 426 g/mol. The van der Waals surface area contributed by atoms with Gasteiger partial charge in [-0.25, -0.2) is 8.42 Å². The number of hydrogen-bond acceptors (Lipinski definition) is 5. The van der Waals surface area contributed by atoms with Crippen molar-refractivity contribution < 1.29 is 22.7 Å². The zero-order valence-corrected chi connectivity index (χ0v) is 17.4. The van der Waals surface area contributed by atoms with Crippen molar-refractivity contribution in [1.29, 1.82) is 0 Å². The van der Waals surface area contributed by atoms with Gasteiger partial charge in [-0.3, -0.25) is 9.10 Å². The fraction of sp³-hybridized carbons (Fsp3) is 0.136. The number of benzene rings is 3. The number of carbonyl (C=O) groups is 1. The number of nitrogens with one attached hydrogen (secondary N) is 1. The smallest absolute Gasteiger partial charge is 0.245 e. The Morgan fingerprint density at radius 3 is 2.17 bits per heavy atom. The number of hydrogen-bond donors (Lipinski definition) is 1. The number of ether oxygens (including phenoxy) is 2. The number of nitrogens with zero attached hydrogens (tertiary/aromatic N) is 1. The van der Waals surface area contributed by atoms with E-state index < -0.39 is 15.9 Å². The van der Waals surface area contributed by atoms with Crippen molar-refractivity contribution >= 4 is 27.3 Å². The molecule has 0 aliphatic rings. The summed E-state index contributed by atoms with van der Waals surface area (Å²) in [4.78, 5) is 12.5. The molecule has 0 heterocycles. The number of para-hydroxylation sites is 1. The van der Waals surface area contributed by atoms with E-state index in [0.717, 1.165) is 10.6 Å². The summed E-state index contributed by atoms with van der Waals surface area (Å²) in [6, 6.07) is 22.6. The molecule has 3 aromatic carbocycles. The van der Waals surface area contributed by atoms with Crippen LogP contribution in [0.15, 0.2) is 78.9 Å². The van der Waals surface area contributed by atoms with Crippen LogP contribution in [-0.2, 0) is 14.8 Å². The van der Waals surface area contributed by atoms with E-state index in [9.17, 15) is 13.2 Å². The van der Waals surface area contributed by atoms with Crippen molar-refractivity contribution in [2.24, 2.45) is 0 Å². The predicted octanol–water partition coefficient (Wildman–Crippen LogP) is 3.89. The Balaban J connectivity index is 1.73. The van der Waals surface area contributed by atoms with E-state index in [1.165, 1.54) is 7.11 Å². The predicted molar refractivity (Wildman–Crippen MR) is 117 cm³/mol. The summed E-state index contributed by atoms with van der Waals surface area (Å²) >= 11 is 0. The molecule has 0 aromatic heterocycles. The molecule has 0 unspecified atom stereocenters. The van der Waals surface area contributed by atoms with E-state index in [0.29, 0.717) is 28.6 Å². The lowest BCUT2D eigenvalue weighted by molar-refractivity contribution is -0.114. The molecule has 0 aliphatic carbocycles. The molecule has 8 heteroatoms. The lowest BCUT2D eigenvalue weighted by atomic mass is 10.3. The van der Waals surface area contributed by atoms with Gasteiger partial charge in [-0.2, -0.15) is 0 Å². The molecule has 1 N–H and O–H groups in total. The van der Waals surface area contributed by atoms with Crippen molar-refractivity contribution in [3.8, 4) is 17.2 Å². The van der Waals surface area contributed by atoms with Gasteiger partial charge in [-0.1, -0.05) is 24.3 Å². The van der Waals surface area contributed by atoms with Crippen LogP contribution in [0.25, 0.3) is 0 Å². The van der Waals surface area contributed by atoms with Crippen LogP contribution in [0.5, 0.6) is 17.2 Å². The van der Waals surface area contributed by atoms with Crippen LogP contribution in [-0.4, -0.2) is 34.2 Å². The topological polar surface area (TPSA) is 84.9 Å². The van der Waals surface area contributed by atoms with E-state index >= 15 is 0 Å². The highest BCUT2D eigenvalue weighted by molar-refractivity contribution is 7.92. The van der Waals surface area contributed by atoms with E-state index in [1.807, 2.05) is 30.3 Å². The van der Waals surface area contributed by atoms with Crippen molar-refractivity contribution in [3.63, 3.8) is 0 Å². The highest BCUT2D eigenvalue weighted by Crippen LogP contribution is 2.25. The molecule has 0 saturated heterocycles. The zero-order chi connectivity index (χ0) is 21.6. The summed E-state index contributed by atoms with van der Waals surface area (Å²) in [6.07, 6.45) is 1.06. The third-order valence-electron chi connectivity index (χ3n) is 4.14. The molecule has 0 fully saturated rings. The second-order valence-electron chi connectivity index (χ2n) is 6.46. The van der Waals surface area contributed by atoms with Gasteiger partial charge >= 0.3 is 0 Å². The summed E-state index contributed by atoms with van der Waals surface area (Å²) in [5, 5.41) is 2.68. The van der Waals surface area contributed by atoms with E-state index in [-0.39, 0.29) is 6.54 Å². The van der Waals surface area contributed by atoms with Gasteiger partial charge in [-0.05, 0) is 48.5 Å².